The molecule has 0 saturated heterocycles. The van der Waals surface area contributed by atoms with Gasteiger partial charge in [-0.05, 0) is 41.3 Å². The lowest BCUT2D eigenvalue weighted by atomic mass is 10.0. The summed E-state index contributed by atoms with van der Waals surface area (Å²) in [5.74, 6) is 0.142. The smallest absolute Gasteiger partial charge is 0.182 e. The van der Waals surface area contributed by atoms with Crippen LogP contribution in [0.2, 0.25) is 0 Å². The van der Waals surface area contributed by atoms with Crippen LogP contribution in [-0.4, -0.2) is 15.6 Å². The number of carbonyl (C=O) groups excluding carboxylic acids is 1. The topological polar surface area (TPSA) is 34.9 Å². The number of rotatable bonds is 6. The Kier molecular flexibility index (Phi) is 5.12. The fraction of sp³-hybridized carbons (Fsp3) is 0.375. The van der Waals surface area contributed by atoms with Crippen LogP contribution in [0.5, 0.6) is 0 Å². The second-order valence-corrected chi connectivity index (χ2v) is 5.83. The first-order valence-corrected chi connectivity index (χ1v) is 7.71. The standard InChI is InChI=1S/C16H19BrN2O/c1-3-10-19-16(14(17)11-18-19)15(20)9-8-13-6-4-12(2)5-7-13/h4-7,11H,3,8-10H2,1-2H3. The maximum Gasteiger partial charge on any atom is 0.182 e. The highest BCUT2D eigenvalue weighted by atomic mass is 79.9. The van der Waals surface area contributed by atoms with Crippen LogP contribution in [-0.2, 0) is 13.0 Å². The van der Waals surface area contributed by atoms with Gasteiger partial charge >= 0.3 is 0 Å². The van der Waals surface area contributed by atoms with E-state index in [-0.39, 0.29) is 5.78 Å². The first-order valence-electron chi connectivity index (χ1n) is 6.92. The molecule has 1 heterocycles. The number of hydrogen-bond acceptors (Lipinski definition) is 2. The summed E-state index contributed by atoms with van der Waals surface area (Å²) >= 11 is 3.42. The molecule has 0 unspecified atom stereocenters. The maximum atomic E-state index is 12.4. The number of carbonyl (C=O) groups is 1. The van der Waals surface area contributed by atoms with Crippen molar-refractivity contribution in [2.75, 3.05) is 0 Å². The highest BCUT2D eigenvalue weighted by molar-refractivity contribution is 9.10. The van der Waals surface area contributed by atoms with Gasteiger partial charge in [0.2, 0.25) is 0 Å². The third-order valence-corrected chi connectivity index (χ3v) is 3.84. The van der Waals surface area contributed by atoms with E-state index in [0.717, 1.165) is 23.9 Å². The van der Waals surface area contributed by atoms with Crippen molar-refractivity contribution in [2.24, 2.45) is 0 Å². The van der Waals surface area contributed by atoms with E-state index in [9.17, 15) is 4.79 Å². The SMILES string of the molecule is CCCn1ncc(Br)c1C(=O)CCc1ccc(C)cc1. The lowest BCUT2D eigenvalue weighted by Gasteiger charge is -2.06. The van der Waals surface area contributed by atoms with Crippen LogP contribution >= 0.6 is 15.9 Å². The summed E-state index contributed by atoms with van der Waals surface area (Å²) < 4.78 is 2.58. The molecule has 1 aromatic carbocycles. The molecule has 0 spiro atoms. The first kappa shape index (κ1) is 15.0. The molecule has 0 N–H and O–H groups in total. The number of aryl methyl sites for hydroxylation is 3. The van der Waals surface area contributed by atoms with Crippen molar-refractivity contribution in [3.05, 3.63) is 51.8 Å². The molecule has 0 aliphatic heterocycles. The molecule has 2 rings (SSSR count). The number of benzene rings is 1. The molecule has 20 heavy (non-hydrogen) atoms. The van der Waals surface area contributed by atoms with Crippen LogP contribution in [0.3, 0.4) is 0 Å². The normalized spacial score (nSPS) is 10.8. The minimum absolute atomic E-state index is 0.142. The number of Topliss-reactive ketones (excluding diaryl/α,β-unsaturated/α-hetero) is 1. The predicted octanol–water partition coefficient (Wildman–Crippen LogP) is 4.18. The minimum atomic E-state index is 0.142. The largest absolute Gasteiger partial charge is 0.292 e. The first-order chi connectivity index (χ1) is 9.61. The Balaban J connectivity index is 2.05. The molecule has 1 aromatic heterocycles. The van der Waals surface area contributed by atoms with Gasteiger partial charge < -0.3 is 0 Å². The Hall–Kier alpha value is -1.42. The van der Waals surface area contributed by atoms with Gasteiger partial charge in [-0.3, -0.25) is 9.48 Å². The summed E-state index contributed by atoms with van der Waals surface area (Å²) in [4.78, 5) is 12.4. The second kappa shape index (κ2) is 6.84. The molecule has 106 valence electrons. The van der Waals surface area contributed by atoms with E-state index in [1.54, 1.807) is 10.9 Å². The van der Waals surface area contributed by atoms with E-state index in [4.69, 9.17) is 0 Å². The van der Waals surface area contributed by atoms with Crippen molar-refractivity contribution < 1.29 is 4.79 Å². The quantitative estimate of drug-likeness (QED) is 0.742. The van der Waals surface area contributed by atoms with Crippen molar-refractivity contribution in [3.63, 3.8) is 0 Å². The van der Waals surface area contributed by atoms with Gasteiger partial charge in [-0.2, -0.15) is 5.10 Å². The molecule has 0 bridgehead atoms. The van der Waals surface area contributed by atoms with Crippen molar-refractivity contribution in [3.8, 4) is 0 Å². The van der Waals surface area contributed by atoms with Crippen LogP contribution in [0, 0.1) is 6.92 Å². The van der Waals surface area contributed by atoms with Gasteiger partial charge in [-0.25, -0.2) is 0 Å². The van der Waals surface area contributed by atoms with Gasteiger partial charge in [0.05, 0.1) is 10.7 Å². The molecule has 0 aliphatic rings. The van der Waals surface area contributed by atoms with Crippen LogP contribution in [0.1, 0.15) is 41.4 Å². The van der Waals surface area contributed by atoms with Crippen LogP contribution in [0.15, 0.2) is 34.9 Å². The third-order valence-electron chi connectivity index (χ3n) is 3.26. The number of hydrogen-bond donors (Lipinski definition) is 0. The van der Waals surface area contributed by atoms with Gasteiger partial charge in [-0.1, -0.05) is 36.8 Å². The fourth-order valence-corrected chi connectivity index (χ4v) is 2.67. The van der Waals surface area contributed by atoms with Gasteiger partial charge in [0, 0.05) is 13.0 Å². The summed E-state index contributed by atoms with van der Waals surface area (Å²) in [5.41, 5.74) is 3.13. The zero-order valence-electron chi connectivity index (χ0n) is 11.9. The van der Waals surface area contributed by atoms with Gasteiger partial charge in [0.15, 0.2) is 5.78 Å². The van der Waals surface area contributed by atoms with Crippen LogP contribution < -0.4 is 0 Å². The molecule has 2 aromatic rings. The molecule has 0 fully saturated rings. The average molecular weight is 335 g/mol. The number of aromatic nitrogens is 2. The summed E-state index contributed by atoms with van der Waals surface area (Å²) in [6.45, 7) is 4.92. The second-order valence-electron chi connectivity index (χ2n) is 4.97. The highest BCUT2D eigenvalue weighted by Crippen LogP contribution is 2.19. The van der Waals surface area contributed by atoms with E-state index >= 15 is 0 Å². The van der Waals surface area contributed by atoms with Crippen molar-refractivity contribution in [2.45, 2.75) is 39.7 Å². The molecule has 0 saturated carbocycles. The summed E-state index contributed by atoms with van der Waals surface area (Å²) in [6.07, 6.45) is 3.95. The monoisotopic (exact) mass is 334 g/mol. The van der Waals surface area contributed by atoms with Gasteiger partial charge in [-0.15, -0.1) is 0 Å². The molecular formula is C16H19BrN2O. The Bertz CT molecular complexity index is 587. The molecule has 0 atom stereocenters. The van der Waals surface area contributed by atoms with Crippen LogP contribution in [0.25, 0.3) is 0 Å². The third kappa shape index (κ3) is 3.57. The summed E-state index contributed by atoms with van der Waals surface area (Å²) in [6, 6.07) is 8.33. The summed E-state index contributed by atoms with van der Waals surface area (Å²) in [5, 5.41) is 4.24. The van der Waals surface area contributed by atoms with E-state index in [2.05, 4.69) is 59.1 Å². The zero-order chi connectivity index (χ0) is 14.5. The predicted molar refractivity (Wildman–Crippen MR) is 84.0 cm³/mol. The number of ketones is 1. The van der Waals surface area contributed by atoms with Crippen molar-refractivity contribution >= 4 is 21.7 Å². The molecule has 0 aliphatic carbocycles. The average Bonchev–Trinajstić information content (AvgIpc) is 2.79. The number of nitrogens with zero attached hydrogens (tertiary/aromatic N) is 2. The lowest BCUT2D eigenvalue weighted by Crippen LogP contribution is -2.11. The summed E-state index contributed by atoms with van der Waals surface area (Å²) in [7, 11) is 0. The van der Waals surface area contributed by atoms with Crippen LogP contribution in [0.4, 0.5) is 0 Å². The van der Waals surface area contributed by atoms with E-state index < -0.39 is 0 Å². The Morgan fingerprint density at radius 1 is 1.30 bits per heavy atom. The van der Waals surface area contributed by atoms with Gasteiger partial charge in [0.25, 0.3) is 0 Å². The lowest BCUT2D eigenvalue weighted by molar-refractivity contribution is 0.0971. The Morgan fingerprint density at radius 3 is 2.65 bits per heavy atom. The Labute approximate surface area is 128 Å². The zero-order valence-corrected chi connectivity index (χ0v) is 13.5. The van der Waals surface area contributed by atoms with Gasteiger partial charge in [0.1, 0.15) is 5.69 Å². The molecule has 3 nitrogen and oxygen atoms in total. The van der Waals surface area contributed by atoms with E-state index in [1.807, 2.05) is 0 Å². The highest BCUT2D eigenvalue weighted by Gasteiger charge is 2.16. The minimum Gasteiger partial charge on any atom is -0.292 e. The Morgan fingerprint density at radius 2 is 2.00 bits per heavy atom. The van der Waals surface area contributed by atoms with E-state index in [1.165, 1.54) is 11.1 Å². The molecule has 0 radical (unpaired) electrons. The number of halogens is 1. The molecule has 0 amide bonds. The van der Waals surface area contributed by atoms with E-state index in [0.29, 0.717) is 12.1 Å². The maximum absolute atomic E-state index is 12.4. The molecular weight excluding hydrogens is 316 g/mol. The fourth-order valence-electron chi connectivity index (χ4n) is 2.15. The van der Waals surface area contributed by atoms with Crippen molar-refractivity contribution in [1.82, 2.24) is 9.78 Å². The van der Waals surface area contributed by atoms with Crippen molar-refractivity contribution in [1.29, 1.82) is 0 Å². The molecule has 4 heteroatoms.